The Balaban J connectivity index is 1.82. The van der Waals surface area contributed by atoms with E-state index < -0.39 is 27.3 Å². The Labute approximate surface area is 177 Å². The Kier molecular flexibility index (Phi) is 7.85. The van der Waals surface area contributed by atoms with Gasteiger partial charge in [-0.3, -0.25) is 10.1 Å². The summed E-state index contributed by atoms with van der Waals surface area (Å²) < 4.78 is 44.6. The van der Waals surface area contributed by atoms with Crippen molar-refractivity contribution in [2.45, 2.75) is 58.5 Å². The predicted molar refractivity (Wildman–Crippen MR) is 113 cm³/mol. The van der Waals surface area contributed by atoms with Crippen LogP contribution in [-0.2, 0) is 14.6 Å². The number of unbranched alkanes of at least 4 members (excludes halogenated alkanes) is 2. The molecule has 9 heteroatoms. The quantitative estimate of drug-likeness (QED) is 0.444. The molecule has 1 saturated heterocycles. The summed E-state index contributed by atoms with van der Waals surface area (Å²) in [6, 6.07) is 4.07. The zero-order valence-corrected chi connectivity index (χ0v) is 18.9. The predicted octanol–water partition coefficient (Wildman–Crippen LogP) is 3.24. The number of nitrogens with zero attached hydrogens (tertiary/aromatic N) is 1. The fourth-order valence-electron chi connectivity index (χ4n) is 3.26. The van der Waals surface area contributed by atoms with E-state index in [4.69, 9.17) is 4.74 Å². The van der Waals surface area contributed by atoms with Crippen LogP contribution >= 0.6 is 0 Å². The van der Waals surface area contributed by atoms with E-state index >= 15 is 0 Å². The number of amides is 3. The monoisotopic (exact) mass is 442 g/mol. The zero-order chi connectivity index (χ0) is 22.5. The van der Waals surface area contributed by atoms with Gasteiger partial charge in [-0.25, -0.2) is 17.6 Å². The van der Waals surface area contributed by atoms with E-state index in [0.29, 0.717) is 31.4 Å². The first-order chi connectivity index (χ1) is 13.9. The molecule has 3 amide bonds. The lowest BCUT2D eigenvalue weighted by molar-refractivity contribution is -0.118. The molecular formula is C21H31FN2O5S. The van der Waals surface area contributed by atoms with E-state index in [9.17, 15) is 22.4 Å². The second-order valence-corrected chi connectivity index (χ2v) is 11.0. The Hall–Kier alpha value is -2.16. The lowest BCUT2D eigenvalue weighted by atomic mass is 10.0. The van der Waals surface area contributed by atoms with Crippen molar-refractivity contribution in [3.8, 4) is 5.75 Å². The fourth-order valence-corrected chi connectivity index (χ4v) is 5.02. The van der Waals surface area contributed by atoms with Crippen LogP contribution in [0.25, 0.3) is 0 Å². The minimum absolute atomic E-state index is 0.0311. The number of nitrogens with one attached hydrogen (secondary N) is 1. The topological polar surface area (TPSA) is 92.8 Å². The molecule has 1 aliphatic rings. The van der Waals surface area contributed by atoms with E-state index in [1.54, 1.807) is 19.1 Å². The van der Waals surface area contributed by atoms with Crippen LogP contribution in [-0.4, -0.2) is 55.5 Å². The molecule has 0 spiro atoms. The van der Waals surface area contributed by atoms with Crippen LogP contribution in [0.3, 0.4) is 0 Å². The van der Waals surface area contributed by atoms with Crippen molar-refractivity contribution in [3.05, 3.63) is 29.6 Å². The molecule has 1 aliphatic heterocycles. The number of imide groups is 1. The third-order valence-corrected chi connectivity index (χ3v) is 6.61. The summed E-state index contributed by atoms with van der Waals surface area (Å²) in [5.41, 5.74) is 0.154. The molecular weight excluding hydrogens is 411 g/mol. The Bertz CT molecular complexity index is 880. The number of carbonyl (C=O) groups is 2. The van der Waals surface area contributed by atoms with Crippen LogP contribution in [0, 0.1) is 5.82 Å². The number of halogens is 1. The van der Waals surface area contributed by atoms with Gasteiger partial charge in [0.25, 0.3) is 0 Å². The Morgan fingerprint density at radius 3 is 2.50 bits per heavy atom. The fraction of sp³-hybridized carbons (Fsp3) is 0.619. The minimum atomic E-state index is -3.29. The summed E-state index contributed by atoms with van der Waals surface area (Å²) in [5.74, 6) is -0.942. The first-order valence-electron chi connectivity index (χ1n) is 10.1. The van der Waals surface area contributed by atoms with E-state index in [2.05, 4.69) is 5.32 Å². The van der Waals surface area contributed by atoms with Gasteiger partial charge in [0, 0.05) is 6.54 Å². The van der Waals surface area contributed by atoms with Crippen LogP contribution < -0.4 is 10.1 Å². The van der Waals surface area contributed by atoms with E-state index in [1.165, 1.54) is 11.0 Å². The van der Waals surface area contributed by atoms with E-state index in [-0.39, 0.29) is 35.6 Å². The highest BCUT2D eigenvalue weighted by molar-refractivity contribution is 7.91. The normalized spacial score (nSPS) is 16.0. The van der Waals surface area contributed by atoms with Gasteiger partial charge in [0.05, 0.1) is 11.5 Å². The lowest BCUT2D eigenvalue weighted by Gasteiger charge is -2.23. The molecule has 1 fully saturated rings. The van der Waals surface area contributed by atoms with Gasteiger partial charge in [0.2, 0.25) is 5.91 Å². The maximum Gasteiger partial charge on any atom is 0.324 e. The number of hydrogen-bond donors (Lipinski definition) is 1. The van der Waals surface area contributed by atoms with Gasteiger partial charge in [0.15, 0.2) is 21.4 Å². The Morgan fingerprint density at radius 1 is 1.20 bits per heavy atom. The third-order valence-electron chi connectivity index (χ3n) is 4.70. The molecule has 0 saturated carbocycles. The number of hydrogen-bond acceptors (Lipinski definition) is 5. The van der Waals surface area contributed by atoms with Crippen molar-refractivity contribution in [3.63, 3.8) is 0 Å². The standard InChI is InChI=1S/C21H31FN2O5S/c1-15(16-8-9-17(22)18(12-16)29-21(2,3)4)14-30(27,28)11-7-5-6-10-24-13-19(25)23-20(24)26/h8-9,12,15H,5-7,10-11,13-14H2,1-4H3,(H,23,25,26)/t15-/m0/s1. The van der Waals surface area contributed by atoms with Crippen LogP contribution in [0.2, 0.25) is 0 Å². The second-order valence-electron chi connectivity index (χ2n) is 8.76. The van der Waals surface area contributed by atoms with Gasteiger partial charge in [0.1, 0.15) is 12.1 Å². The summed E-state index contributed by atoms with van der Waals surface area (Å²) in [7, 11) is -3.29. The highest BCUT2D eigenvalue weighted by Crippen LogP contribution is 2.28. The summed E-state index contributed by atoms with van der Waals surface area (Å²) in [6.45, 7) is 7.76. The Morgan fingerprint density at radius 2 is 1.90 bits per heavy atom. The molecule has 0 bridgehead atoms. The summed E-state index contributed by atoms with van der Waals surface area (Å²) in [6.07, 6.45) is 1.77. The van der Waals surface area contributed by atoms with Crippen LogP contribution in [0.5, 0.6) is 5.75 Å². The summed E-state index contributed by atoms with van der Waals surface area (Å²) in [5, 5.41) is 2.21. The van der Waals surface area contributed by atoms with Crippen molar-refractivity contribution >= 4 is 21.8 Å². The van der Waals surface area contributed by atoms with Crippen molar-refractivity contribution in [1.29, 1.82) is 0 Å². The molecule has 7 nitrogen and oxygen atoms in total. The molecule has 1 atom stereocenters. The summed E-state index contributed by atoms with van der Waals surface area (Å²) >= 11 is 0. The first-order valence-corrected chi connectivity index (χ1v) is 12.0. The molecule has 0 aromatic heterocycles. The van der Waals surface area contributed by atoms with E-state index in [0.717, 1.165) is 0 Å². The maximum atomic E-state index is 14.0. The van der Waals surface area contributed by atoms with Crippen LogP contribution in [0.1, 0.15) is 58.4 Å². The second kappa shape index (κ2) is 9.76. The minimum Gasteiger partial charge on any atom is -0.485 e. The van der Waals surface area contributed by atoms with Gasteiger partial charge in [-0.2, -0.15) is 0 Å². The number of rotatable bonds is 10. The number of sulfone groups is 1. The van der Waals surface area contributed by atoms with Gasteiger partial charge in [-0.05, 0) is 57.2 Å². The number of benzene rings is 1. The molecule has 1 aromatic rings. The van der Waals surface area contributed by atoms with Crippen LogP contribution in [0.15, 0.2) is 18.2 Å². The van der Waals surface area contributed by atoms with Gasteiger partial charge in [-0.1, -0.05) is 19.4 Å². The van der Waals surface area contributed by atoms with Crippen molar-refractivity contribution in [2.24, 2.45) is 0 Å². The highest BCUT2D eigenvalue weighted by atomic mass is 32.2. The van der Waals surface area contributed by atoms with Gasteiger partial charge >= 0.3 is 6.03 Å². The largest absolute Gasteiger partial charge is 0.485 e. The molecule has 1 N–H and O–H groups in total. The van der Waals surface area contributed by atoms with Crippen molar-refractivity contribution in [2.75, 3.05) is 24.6 Å². The van der Waals surface area contributed by atoms with E-state index in [1.807, 2.05) is 20.8 Å². The molecule has 0 unspecified atom stereocenters. The third kappa shape index (κ3) is 7.59. The average Bonchev–Trinajstić information content (AvgIpc) is 2.92. The molecule has 0 aliphatic carbocycles. The smallest absolute Gasteiger partial charge is 0.324 e. The average molecular weight is 443 g/mol. The molecule has 1 aromatic carbocycles. The SMILES string of the molecule is C[C@@H](CS(=O)(=O)CCCCCN1CC(=O)NC1=O)c1ccc(F)c(OC(C)(C)C)c1. The summed E-state index contributed by atoms with van der Waals surface area (Å²) in [4.78, 5) is 24.0. The number of urea groups is 1. The zero-order valence-electron chi connectivity index (χ0n) is 18.0. The molecule has 2 rings (SSSR count). The molecule has 0 radical (unpaired) electrons. The maximum absolute atomic E-state index is 14.0. The van der Waals surface area contributed by atoms with Gasteiger partial charge in [-0.15, -0.1) is 0 Å². The molecule has 168 valence electrons. The number of ether oxygens (including phenoxy) is 1. The highest BCUT2D eigenvalue weighted by Gasteiger charge is 2.26. The number of carbonyl (C=O) groups excluding carboxylic acids is 2. The van der Waals surface area contributed by atoms with Crippen molar-refractivity contribution in [1.82, 2.24) is 10.2 Å². The lowest BCUT2D eigenvalue weighted by Crippen LogP contribution is -2.29. The van der Waals surface area contributed by atoms with Crippen LogP contribution in [0.4, 0.5) is 9.18 Å². The molecule has 1 heterocycles. The molecule has 30 heavy (non-hydrogen) atoms. The van der Waals surface area contributed by atoms with Crippen molar-refractivity contribution < 1.29 is 27.1 Å². The van der Waals surface area contributed by atoms with Gasteiger partial charge < -0.3 is 9.64 Å². The first kappa shape index (κ1) is 24.1.